The van der Waals surface area contributed by atoms with Crippen molar-refractivity contribution < 1.29 is 31.4 Å². The highest BCUT2D eigenvalue weighted by molar-refractivity contribution is 5.83. The summed E-state index contributed by atoms with van der Waals surface area (Å²) >= 11 is 0. The van der Waals surface area contributed by atoms with Gasteiger partial charge in [-0.15, -0.1) is 0 Å². The second kappa shape index (κ2) is 7.01. The Hall–Kier alpha value is -2.91. The molecular weight excluding hydrogens is 373 g/mol. The van der Waals surface area contributed by atoms with Crippen molar-refractivity contribution in [3.05, 3.63) is 36.0 Å². The fourth-order valence-electron chi connectivity index (χ4n) is 2.68. The highest BCUT2D eigenvalue weighted by Crippen LogP contribution is 2.38. The zero-order valence-corrected chi connectivity index (χ0v) is 14.2. The molecule has 0 bridgehead atoms. The quantitative estimate of drug-likeness (QED) is 0.593. The van der Waals surface area contributed by atoms with E-state index in [4.69, 9.17) is 4.74 Å². The number of nitrogens with zero attached hydrogens (tertiary/aromatic N) is 3. The number of aromatic nitrogens is 3. The third-order valence-corrected chi connectivity index (χ3v) is 3.89. The van der Waals surface area contributed by atoms with Crippen molar-refractivity contribution in [2.24, 2.45) is 0 Å². The molecule has 2 aromatic heterocycles. The number of alkyl halides is 5. The Balaban J connectivity index is 2.19. The summed E-state index contributed by atoms with van der Waals surface area (Å²) in [7, 11) is 1.24. The zero-order chi connectivity index (χ0) is 19.8. The minimum absolute atomic E-state index is 0.00641. The molecule has 3 rings (SSSR count). The van der Waals surface area contributed by atoms with Gasteiger partial charge in [-0.25, -0.2) is 9.67 Å². The van der Waals surface area contributed by atoms with E-state index in [0.29, 0.717) is 6.54 Å². The lowest BCUT2D eigenvalue weighted by atomic mass is 10.1. The highest BCUT2D eigenvalue weighted by atomic mass is 19.4. The van der Waals surface area contributed by atoms with Gasteiger partial charge in [0.1, 0.15) is 0 Å². The monoisotopic (exact) mass is 387 g/mol. The number of hydrogen-bond acceptors (Lipinski definition) is 4. The predicted molar refractivity (Wildman–Crippen MR) is 86.8 cm³/mol. The van der Waals surface area contributed by atoms with E-state index in [0.717, 1.165) is 12.3 Å². The molecule has 5 nitrogen and oxygen atoms in total. The summed E-state index contributed by atoms with van der Waals surface area (Å²) in [5.41, 5.74) is -0.542. The molecule has 0 saturated carbocycles. The van der Waals surface area contributed by atoms with E-state index in [2.05, 4.69) is 14.8 Å². The van der Waals surface area contributed by atoms with Gasteiger partial charge in [-0.2, -0.15) is 27.1 Å². The number of ether oxygens (including phenoxy) is 2. The van der Waals surface area contributed by atoms with Gasteiger partial charge in [-0.05, 0) is 31.2 Å². The summed E-state index contributed by atoms with van der Waals surface area (Å²) in [6.45, 7) is -0.995. The lowest BCUT2D eigenvalue weighted by molar-refractivity contribution is -0.136. The fraction of sp³-hybridized carbons (Fsp3) is 0.294. The molecule has 10 heteroatoms. The number of pyridine rings is 1. The molecule has 3 aromatic rings. The Morgan fingerprint density at radius 2 is 1.89 bits per heavy atom. The number of hydrogen-bond donors (Lipinski definition) is 0. The van der Waals surface area contributed by atoms with Gasteiger partial charge in [0.2, 0.25) is 0 Å². The van der Waals surface area contributed by atoms with E-state index in [1.807, 2.05) is 0 Å². The van der Waals surface area contributed by atoms with Gasteiger partial charge >= 0.3 is 12.8 Å². The molecule has 0 radical (unpaired) electrons. The first kappa shape index (κ1) is 18.9. The van der Waals surface area contributed by atoms with Crippen LogP contribution in [0.1, 0.15) is 12.5 Å². The predicted octanol–water partition coefficient (Wildman–Crippen LogP) is 4.75. The van der Waals surface area contributed by atoms with Crippen molar-refractivity contribution in [3.8, 4) is 22.8 Å². The Morgan fingerprint density at radius 3 is 2.48 bits per heavy atom. The fourth-order valence-corrected chi connectivity index (χ4v) is 2.68. The third kappa shape index (κ3) is 3.64. The maximum absolute atomic E-state index is 13.5. The molecule has 0 amide bonds. The molecule has 0 N–H and O–H groups in total. The lowest BCUT2D eigenvalue weighted by Gasteiger charge is -2.13. The van der Waals surface area contributed by atoms with Crippen LogP contribution >= 0.6 is 0 Å². The Morgan fingerprint density at radius 1 is 1.15 bits per heavy atom. The Labute approximate surface area is 150 Å². The summed E-state index contributed by atoms with van der Waals surface area (Å²) in [6, 6.07) is 4.71. The summed E-state index contributed by atoms with van der Waals surface area (Å²) < 4.78 is 76.0. The third-order valence-electron chi connectivity index (χ3n) is 3.89. The van der Waals surface area contributed by atoms with Gasteiger partial charge in [0.15, 0.2) is 17.1 Å². The number of fused-ring (bicyclic) bond motifs is 1. The highest BCUT2D eigenvalue weighted by Gasteiger charge is 2.34. The van der Waals surface area contributed by atoms with Gasteiger partial charge in [0, 0.05) is 12.1 Å². The molecule has 144 valence electrons. The molecule has 2 heterocycles. The number of methoxy groups -OCH3 is 1. The smallest absolute Gasteiger partial charge is 0.417 e. The molecule has 0 aliphatic carbocycles. The minimum Gasteiger partial charge on any atom is -0.493 e. The largest absolute Gasteiger partial charge is 0.493 e. The van der Waals surface area contributed by atoms with Crippen molar-refractivity contribution >= 4 is 11.0 Å². The number of aryl methyl sites for hydroxylation is 1. The van der Waals surface area contributed by atoms with Crippen LogP contribution in [-0.2, 0) is 12.7 Å². The average molecular weight is 387 g/mol. The van der Waals surface area contributed by atoms with Crippen molar-refractivity contribution in [1.82, 2.24) is 14.8 Å². The van der Waals surface area contributed by atoms with Crippen molar-refractivity contribution in [1.29, 1.82) is 0 Å². The topological polar surface area (TPSA) is 49.2 Å². The zero-order valence-electron chi connectivity index (χ0n) is 14.2. The van der Waals surface area contributed by atoms with E-state index in [-0.39, 0.29) is 33.8 Å². The molecule has 0 atom stereocenters. The maximum Gasteiger partial charge on any atom is 0.417 e. The van der Waals surface area contributed by atoms with E-state index in [1.54, 1.807) is 6.92 Å². The van der Waals surface area contributed by atoms with E-state index in [9.17, 15) is 22.0 Å². The van der Waals surface area contributed by atoms with E-state index in [1.165, 1.54) is 30.0 Å². The van der Waals surface area contributed by atoms with Gasteiger partial charge in [-0.3, -0.25) is 0 Å². The van der Waals surface area contributed by atoms with Crippen LogP contribution < -0.4 is 9.47 Å². The molecule has 0 spiro atoms. The normalized spacial score (nSPS) is 12.0. The van der Waals surface area contributed by atoms with Crippen LogP contribution in [0.25, 0.3) is 22.3 Å². The second-order valence-corrected chi connectivity index (χ2v) is 5.49. The Kier molecular flexibility index (Phi) is 4.90. The van der Waals surface area contributed by atoms with Gasteiger partial charge in [0.05, 0.1) is 30.0 Å². The SMILES string of the molecule is CCn1ncc2c(C(F)(F)F)cc(-c3ccc(OC(F)F)c(OC)c3)nc21. The first-order valence-corrected chi connectivity index (χ1v) is 7.81. The van der Waals surface area contributed by atoms with Crippen LogP contribution in [0.2, 0.25) is 0 Å². The van der Waals surface area contributed by atoms with Gasteiger partial charge in [0.25, 0.3) is 0 Å². The van der Waals surface area contributed by atoms with Crippen molar-refractivity contribution in [2.75, 3.05) is 7.11 Å². The van der Waals surface area contributed by atoms with Crippen LogP contribution in [0.15, 0.2) is 30.5 Å². The number of halogens is 5. The molecule has 1 aromatic carbocycles. The molecule has 0 aliphatic rings. The van der Waals surface area contributed by atoms with Crippen LogP contribution in [0.5, 0.6) is 11.5 Å². The van der Waals surface area contributed by atoms with E-state index >= 15 is 0 Å². The van der Waals surface area contributed by atoms with E-state index < -0.39 is 18.4 Å². The maximum atomic E-state index is 13.5. The summed E-state index contributed by atoms with van der Waals surface area (Å²) in [4.78, 5) is 4.27. The number of rotatable bonds is 5. The Bertz CT molecular complexity index is 969. The molecule has 0 aliphatic heterocycles. The van der Waals surface area contributed by atoms with Crippen molar-refractivity contribution in [2.45, 2.75) is 26.3 Å². The first-order valence-electron chi connectivity index (χ1n) is 7.81. The second-order valence-electron chi connectivity index (χ2n) is 5.49. The van der Waals surface area contributed by atoms with Gasteiger partial charge < -0.3 is 9.47 Å². The summed E-state index contributed by atoms with van der Waals surface area (Å²) in [5, 5.41) is 3.82. The van der Waals surface area contributed by atoms with Gasteiger partial charge in [-0.1, -0.05) is 0 Å². The molecule has 0 fully saturated rings. The van der Waals surface area contributed by atoms with Crippen LogP contribution in [0, 0.1) is 0 Å². The first-order chi connectivity index (χ1) is 12.7. The molecule has 0 saturated heterocycles. The molecule has 27 heavy (non-hydrogen) atoms. The van der Waals surface area contributed by atoms with Crippen LogP contribution in [-0.4, -0.2) is 28.5 Å². The van der Waals surface area contributed by atoms with Crippen molar-refractivity contribution in [3.63, 3.8) is 0 Å². The lowest BCUT2D eigenvalue weighted by Crippen LogP contribution is -2.08. The summed E-state index contributed by atoms with van der Waals surface area (Å²) in [6.07, 6.45) is -3.49. The number of benzene rings is 1. The molecular formula is C17H14F5N3O2. The minimum atomic E-state index is -4.61. The average Bonchev–Trinajstić information content (AvgIpc) is 3.02. The molecule has 0 unspecified atom stereocenters. The van der Waals surface area contributed by atoms with Crippen LogP contribution in [0.3, 0.4) is 0 Å². The standard InChI is InChI=1S/C17H14F5N3O2/c1-3-25-15-10(8-23-25)11(17(20,21)22)7-12(24-15)9-4-5-13(27-16(18)19)14(6-9)26-2/h4-8,16H,3H2,1-2H3. The van der Waals surface area contributed by atoms with Crippen LogP contribution in [0.4, 0.5) is 22.0 Å². The summed E-state index contributed by atoms with van der Waals surface area (Å²) in [5.74, 6) is -0.278.